The molecule has 45 heavy (non-hydrogen) atoms. The van der Waals surface area contributed by atoms with Crippen molar-refractivity contribution in [1.29, 1.82) is 0 Å². The van der Waals surface area contributed by atoms with Crippen LogP contribution in [0.1, 0.15) is 68.8 Å². The van der Waals surface area contributed by atoms with Crippen LogP contribution in [0.3, 0.4) is 0 Å². The van der Waals surface area contributed by atoms with Crippen molar-refractivity contribution >= 4 is 27.6 Å². The molecule has 3 aromatic carbocycles. The van der Waals surface area contributed by atoms with Gasteiger partial charge in [-0.15, -0.1) is 0 Å². The van der Waals surface area contributed by atoms with E-state index in [4.69, 9.17) is 5.10 Å². The van der Waals surface area contributed by atoms with E-state index in [9.17, 15) is 13.2 Å². The summed E-state index contributed by atoms with van der Waals surface area (Å²) < 4.78 is 30.7. The van der Waals surface area contributed by atoms with Gasteiger partial charge in [-0.05, 0) is 93.8 Å². The maximum atomic E-state index is 13.5. The molecule has 3 heterocycles. The Bertz CT molecular complexity index is 1780. The molecule has 2 bridgehead atoms. The van der Waals surface area contributed by atoms with E-state index in [2.05, 4.69) is 37.5 Å². The van der Waals surface area contributed by atoms with Gasteiger partial charge in [0.2, 0.25) is 10.0 Å². The molecule has 2 saturated heterocycles. The van der Waals surface area contributed by atoms with Crippen LogP contribution >= 0.6 is 0 Å². The SMILES string of the molecule is Cc1ccc(-n2nc(C(C)(C)C)cc2NC(=O)Nc2cccc(CC3CC4CCC(C3)N4S(=O)(=O)c3ccc(C)cc3)c2)cc1. The molecular weight excluding hydrogens is 582 g/mol. The van der Waals surface area contributed by atoms with Crippen LogP contribution in [-0.2, 0) is 21.9 Å². The lowest BCUT2D eigenvalue weighted by atomic mass is 9.87. The molecule has 6 rings (SSSR count). The zero-order chi connectivity index (χ0) is 31.9. The molecule has 0 radical (unpaired) electrons. The molecule has 2 atom stereocenters. The maximum Gasteiger partial charge on any atom is 0.324 e. The molecule has 2 N–H and O–H groups in total. The number of fused-ring (bicyclic) bond motifs is 2. The zero-order valence-corrected chi connectivity index (χ0v) is 27.6. The molecular formula is C36H43N5O3S. The van der Waals surface area contributed by atoms with E-state index in [1.165, 1.54) is 0 Å². The fourth-order valence-electron chi connectivity index (χ4n) is 6.75. The van der Waals surface area contributed by atoms with Crippen molar-refractivity contribution in [1.82, 2.24) is 14.1 Å². The van der Waals surface area contributed by atoms with Gasteiger partial charge in [0, 0.05) is 29.3 Å². The van der Waals surface area contributed by atoms with Crippen molar-refractivity contribution in [2.75, 3.05) is 10.6 Å². The molecule has 2 unspecified atom stereocenters. The number of piperidine rings is 1. The van der Waals surface area contributed by atoms with Crippen LogP contribution in [0.15, 0.2) is 83.8 Å². The highest BCUT2D eigenvalue weighted by Gasteiger charge is 2.47. The Hall–Kier alpha value is -3.95. The maximum absolute atomic E-state index is 13.5. The van der Waals surface area contributed by atoms with Crippen LogP contribution in [0.2, 0.25) is 0 Å². The molecule has 9 heteroatoms. The van der Waals surface area contributed by atoms with Gasteiger partial charge in [0.05, 0.1) is 16.3 Å². The van der Waals surface area contributed by atoms with Gasteiger partial charge in [-0.2, -0.15) is 9.40 Å². The van der Waals surface area contributed by atoms with Crippen LogP contribution in [0.5, 0.6) is 0 Å². The fourth-order valence-corrected chi connectivity index (χ4v) is 8.64. The average molecular weight is 626 g/mol. The van der Waals surface area contributed by atoms with E-state index in [0.717, 1.165) is 60.2 Å². The van der Waals surface area contributed by atoms with E-state index in [0.29, 0.717) is 22.3 Å². The molecule has 2 amide bonds. The summed E-state index contributed by atoms with van der Waals surface area (Å²) >= 11 is 0. The molecule has 4 aromatic rings. The molecule has 1 aromatic heterocycles. The lowest BCUT2D eigenvalue weighted by molar-refractivity contribution is 0.190. The van der Waals surface area contributed by atoms with E-state index >= 15 is 0 Å². The standard InChI is InChI=1S/C36H43N5O3S/c1-24-9-13-29(14-10-24)40-34(23-33(39-40)36(3,4)5)38-35(42)37-28-8-6-7-26(20-28)19-27-21-30-15-16-31(22-27)41(30)45(43,44)32-17-11-25(2)12-18-32/h6-14,17-18,20,23,27,30-31H,15-16,19,21-22H2,1-5H3,(H2,37,38,42). The number of nitrogens with zero attached hydrogens (tertiary/aromatic N) is 3. The monoisotopic (exact) mass is 625 g/mol. The van der Waals surface area contributed by atoms with Crippen molar-refractivity contribution in [3.8, 4) is 5.69 Å². The van der Waals surface area contributed by atoms with Gasteiger partial charge in [0.15, 0.2) is 0 Å². The van der Waals surface area contributed by atoms with Crippen LogP contribution < -0.4 is 10.6 Å². The normalized spacial score (nSPS) is 20.2. The topological polar surface area (TPSA) is 96.3 Å². The number of benzene rings is 3. The molecule has 0 aliphatic carbocycles. The second-order valence-corrected chi connectivity index (χ2v) is 15.6. The quantitative estimate of drug-likeness (QED) is 0.221. The Labute approximate surface area is 266 Å². The zero-order valence-electron chi connectivity index (χ0n) is 26.7. The van der Waals surface area contributed by atoms with Crippen LogP contribution in [-0.4, -0.2) is 40.6 Å². The van der Waals surface area contributed by atoms with Crippen molar-refractivity contribution in [3.63, 3.8) is 0 Å². The highest BCUT2D eigenvalue weighted by atomic mass is 32.2. The smallest absolute Gasteiger partial charge is 0.308 e. The summed E-state index contributed by atoms with van der Waals surface area (Å²) in [6.45, 7) is 10.3. The third-order valence-corrected chi connectivity index (χ3v) is 11.1. The van der Waals surface area contributed by atoms with Gasteiger partial charge in [-0.25, -0.2) is 17.9 Å². The molecule has 236 valence electrons. The minimum atomic E-state index is -3.51. The summed E-state index contributed by atoms with van der Waals surface area (Å²) in [5.74, 6) is 0.982. The Morgan fingerprint density at radius 3 is 2.11 bits per heavy atom. The Morgan fingerprint density at radius 2 is 1.49 bits per heavy atom. The first-order valence-electron chi connectivity index (χ1n) is 15.8. The van der Waals surface area contributed by atoms with E-state index in [1.54, 1.807) is 21.1 Å². The number of urea groups is 1. The largest absolute Gasteiger partial charge is 0.324 e. The Balaban J connectivity index is 1.12. The lowest BCUT2D eigenvalue weighted by Gasteiger charge is -2.38. The minimum absolute atomic E-state index is 0.0310. The predicted molar refractivity (Wildman–Crippen MR) is 180 cm³/mol. The van der Waals surface area contributed by atoms with Crippen molar-refractivity contribution in [2.24, 2.45) is 5.92 Å². The van der Waals surface area contributed by atoms with E-state index in [1.807, 2.05) is 74.5 Å². The summed E-state index contributed by atoms with van der Waals surface area (Å²) in [7, 11) is -3.51. The van der Waals surface area contributed by atoms with Gasteiger partial charge in [0.25, 0.3) is 0 Å². The molecule has 2 fully saturated rings. The van der Waals surface area contributed by atoms with Crippen LogP contribution in [0.25, 0.3) is 5.69 Å². The number of amides is 2. The van der Waals surface area contributed by atoms with Gasteiger partial charge in [0.1, 0.15) is 5.82 Å². The first-order chi connectivity index (χ1) is 21.4. The second-order valence-electron chi connectivity index (χ2n) is 13.8. The number of hydrogen-bond donors (Lipinski definition) is 2. The Morgan fingerprint density at radius 1 is 0.867 bits per heavy atom. The fraction of sp³-hybridized carbons (Fsp3) is 0.389. The molecule has 8 nitrogen and oxygen atoms in total. The number of aryl methyl sites for hydroxylation is 2. The third-order valence-electron chi connectivity index (χ3n) is 9.07. The van der Waals surface area contributed by atoms with E-state index < -0.39 is 10.0 Å². The molecule has 0 spiro atoms. The third kappa shape index (κ3) is 6.70. The molecule has 0 saturated carbocycles. The van der Waals surface area contributed by atoms with Crippen molar-refractivity contribution < 1.29 is 13.2 Å². The highest BCUT2D eigenvalue weighted by Crippen LogP contribution is 2.43. The molecule has 2 aliphatic rings. The number of carbonyl (C=O) groups excluding carboxylic acids is 1. The molecule has 2 aliphatic heterocycles. The van der Waals surface area contributed by atoms with Crippen molar-refractivity contribution in [3.05, 3.63) is 101 Å². The summed E-state index contributed by atoms with van der Waals surface area (Å²) in [4.78, 5) is 13.6. The minimum Gasteiger partial charge on any atom is -0.308 e. The lowest BCUT2D eigenvalue weighted by Crippen LogP contribution is -2.46. The number of hydrogen-bond acceptors (Lipinski definition) is 4. The van der Waals surface area contributed by atoms with Crippen LogP contribution in [0, 0.1) is 19.8 Å². The summed E-state index contributed by atoms with van der Waals surface area (Å²) in [6.07, 6.45) is 4.35. The number of nitrogens with one attached hydrogen (secondary N) is 2. The predicted octanol–water partition coefficient (Wildman–Crippen LogP) is 7.61. The average Bonchev–Trinajstić information content (AvgIpc) is 3.53. The first kappa shape index (κ1) is 31.0. The van der Waals surface area contributed by atoms with E-state index in [-0.39, 0.29) is 23.5 Å². The number of sulfonamides is 1. The number of rotatable bonds is 7. The van der Waals surface area contributed by atoms with Gasteiger partial charge >= 0.3 is 6.03 Å². The second kappa shape index (κ2) is 12.1. The van der Waals surface area contributed by atoms with Gasteiger partial charge in [-0.1, -0.05) is 68.3 Å². The van der Waals surface area contributed by atoms with Crippen LogP contribution in [0.4, 0.5) is 16.3 Å². The first-order valence-corrected chi connectivity index (χ1v) is 17.3. The number of anilines is 2. The van der Waals surface area contributed by atoms with Gasteiger partial charge in [-0.3, -0.25) is 5.32 Å². The van der Waals surface area contributed by atoms with Gasteiger partial charge < -0.3 is 5.32 Å². The highest BCUT2D eigenvalue weighted by molar-refractivity contribution is 7.89. The Kier molecular flexibility index (Phi) is 8.35. The number of aromatic nitrogens is 2. The van der Waals surface area contributed by atoms with Crippen molar-refractivity contribution in [2.45, 2.75) is 89.1 Å². The summed E-state index contributed by atoms with van der Waals surface area (Å²) in [6, 6.07) is 24.8. The summed E-state index contributed by atoms with van der Waals surface area (Å²) in [5.41, 5.74) is 5.62. The summed E-state index contributed by atoms with van der Waals surface area (Å²) in [5, 5.41) is 10.8. The number of carbonyl (C=O) groups is 1.